The zero-order chi connectivity index (χ0) is 25.3. The van der Waals surface area contributed by atoms with Gasteiger partial charge in [-0.3, -0.25) is 14.7 Å². The van der Waals surface area contributed by atoms with Crippen molar-refractivity contribution in [2.45, 2.75) is 38.1 Å². The van der Waals surface area contributed by atoms with Crippen molar-refractivity contribution in [3.05, 3.63) is 83.7 Å². The summed E-state index contributed by atoms with van der Waals surface area (Å²) in [6.45, 7) is 4.88. The highest BCUT2D eigenvalue weighted by Gasteiger charge is 2.35. The van der Waals surface area contributed by atoms with E-state index in [0.29, 0.717) is 42.5 Å². The number of benzene rings is 2. The molecule has 1 fully saturated rings. The Morgan fingerprint density at radius 1 is 1.03 bits per heavy atom. The van der Waals surface area contributed by atoms with Gasteiger partial charge in [0.15, 0.2) is 5.13 Å². The number of anilines is 1. The quantitative estimate of drug-likeness (QED) is 0.360. The molecular weight excluding hydrogens is 492 g/mol. The molecule has 1 aliphatic rings. The number of thiazole rings is 1. The van der Waals surface area contributed by atoms with Crippen LogP contribution in [0.2, 0.25) is 0 Å². The Balaban J connectivity index is 1.37. The zero-order valence-corrected chi connectivity index (χ0v) is 21.9. The second-order valence-corrected chi connectivity index (χ2v) is 12.1. The third-order valence-corrected chi connectivity index (χ3v) is 9.57. The van der Waals surface area contributed by atoms with Crippen molar-refractivity contribution < 1.29 is 13.2 Å². The van der Waals surface area contributed by atoms with E-state index in [1.807, 2.05) is 50.2 Å². The molecule has 0 aliphatic carbocycles. The smallest absolute Gasteiger partial charge is 0.243 e. The maximum atomic E-state index is 13.8. The number of sulfonamides is 1. The lowest BCUT2D eigenvalue weighted by molar-refractivity contribution is -0.123. The number of hydrogen-bond donors (Lipinski definition) is 0. The van der Waals surface area contributed by atoms with Crippen LogP contribution in [-0.4, -0.2) is 41.7 Å². The van der Waals surface area contributed by atoms with E-state index in [1.54, 1.807) is 35.4 Å². The van der Waals surface area contributed by atoms with E-state index in [0.717, 1.165) is 27.0 Å². The second kappa shape index (κ2) is 10.1. The van der Waals surface area contributed by atoms with Gasteiger partial charge in [0.05, 0.1) is 27.4 Å². The molecule has 0 saturated carbocycles. The fourth-order valence-electron chi connectivity index (χ4n) is 4.51. The Labute approximate surface area is 215 Å². The van der Waals surface area contributed by atoms with E-state index in [4.69, 9.17) is 4.98 Å². The van der Waals surface area contributed by atoms with Crippen LogP contribution < -0.4 is 4.90 Å². The van der Waals surface area contributed by atoms with Crippen molar-refractivity contribution in [1.29, 1.82) is 0 Å². The van der Waals surface area contributed by atoms with Gasteiger partial charge in [0.25, 0.3) is 0 Å². The molecule has 1 amide bonds. The molecule has 1 saturated heterocycles. The van der Waals surface area contributed by atoms with Gasteiger partial charge in [0.1, 0.15) is 0 Å². The van der Waals surface area contributed by atoms with Crippen molar-refractivity contribution in [2.24, 2.45) is 5.92 Å². The number of aromatic nitrogens is 2. The van der Waals surface area contributed by atoms with Crippen LogP contribution in [0, 0.1) is 19.8 Å². The standard InChI is InChI=1S/C27H28N4O3S2/c1-19-9-11-23(12-10-19)36(33,34)30-16-13-21(14-17-30)26(32)31(18-22-7-3-4-15-28-22)27-29-25-20(2)6-5-8-24(25)35-27/h3-12,15,21H,13-14,16-18H2,1-2H3. The van der Waals surface area contributed by atoms with Crippen LogP contribution in [-0.2, 0) is 21.4 Å². The van der Waals surface area contributed by atoms with Crippen molar-refractivity contribution in [2.75, 3.05) is 18.0 Å². The second-order valence-electron chi connectivity index (χ2n) is 9.15. The molecule has 0 bridgehead atoms. The first-order valence-corrected chi connectivity index (χ1v) is 14.2. The minimum Gasteiger partial charge on any atom is -0.282 e. The number of piperidine rings is 1. The third kappa shape index (κ3) is 4.91. The molecule has 0 spiro atoms. The number of fused-ring (bicyclic) bond motifs is 1. The Morgan fingerprint density at radius 3 is 2.44 bits per heavy atom. The zero-order valence-electron chi connectivity index (χ0n) is 20.3. The Kier molecular flexibility index (Phi) is 6.87. The summed E-state index contributed by atoms with van der Waals surface area (Å²) in [5.74, 6) is -0.323. The normalized spacial score (nSPS) is 15.3. The van der Waals surface area contributed by atoms with E-state index in [1.165, 1.54) is 15.6 Å². The van der Waals surface area contributed by atoms with Crippen molar-refractivity contribution in [3.8, 4) is 0 Å². The maximum absolute atomic E-state index is 13.8. The average molecular weight is 521 g/mol. The number of para-hydroxylation sites is 1. The first-order chi connectivity index (χ1) is 17.3. The SMILES string of the molecule is Cc1ccc(S(=O)(=O)N2CCC(C(=O)N(Cc3ccccn3)c3nc4c(C)cccc4s3)CC2)cc1. The molecule has 3 heterocycles. The monoisotopic (exact) mass is 520 g/mol. The Hall–Kier alpha value is -3.14. The summed E-state index contributed by atoms with van der Waals surface area (Å²) in [5.41, 5.74) is 3.75. The largest absolute Gasteiger partial charge is 0.282 e. The van der Waals surface area contributed by atoms with Gasteiger partial charge in [-0.05, 0) is 62.6 Å². The molecule has 0 radical (unpaired) electrons. The highest BCUT2D eigenvalue weighted by molar-refractivity contribution is 7.89. The number of amides is 1. The molecular formula is C27H28N4O3S2. The van der Waals surface area contributed by atoms with E-state index in [-0.39, 0.29) is 11.8 Å². The highest BCUT2D eigenvalue weighted by Crippen LogP contribution is 2.34. The number of carbonyl (C=O) groups excluding carboxylic acids is 1. The van der Waals surface area contributed by atoms with E-state index < -0.39 is 10.0 Å². The van der Waals surface area contributed by atoms with Crippen LogP contribution in [0.5, 0.6) is 0 Å². The topological polar surface area (TPSA) is 83.5 Å². The lowest BCUT2D eigenvalue weighted by atomic mass is 9.96. The van der Waals surface area contributed by atoms with Gasteiger partial charge in [-0.2, -0.15) is 4.31 Å². The van der Waals surface area contributed by atoms with E-state index >= 15 is 0 Å². The van der Waals surface area contributed by atoms with Crippen molar-refractivity contribution in [3.63, 3.8) is 0 Å². The van der Waals surface area contributed by atoms with E-state index in [9.17, 15) is 13.2 Å². The summed E-state index contributed by atoms with van der Waals surface area (Å²) >= 11 is 1.49. The fourth-order valence-corrected chi connectivity index (χ4v) is 7.02. The van der Waals surface area contributed by atoms with Crippen LogP contribution in [0.15, 0.2) is 71.8 Å². The molecule has 0 unspecified atom stereocenters. The van der Waals surface area contributed by atoms with E-state index in [2.05, 4.69) is 4.98 Å². The van der Waals surface area contributed by atoms with Gasteiger partial charge >= 0.3 is 0 Å². The first kappa shape index (κ1) is 24.5. The molecule has 4 aromatic rings. The van der Waals surface area contributed by atoms with Crippen molar-refractivity contribution in [1.82, 2.24) is 14.3 Å². The summed E-state index contributed by atoms with van der Waals surface area (Å²) < 4.78 is 28.8. The predicted octanol–water partition coefficient (Wildman–Crippen LogP) is 4.94. The lowest BCUT2D eigenvalue weighted by Gasteiger charge is -2.33. The molecule has 5 rings (SSSR count). The summed E-state index contributed by atoms with van der Waals surface area (Å²) in [6.07, 6.45) is 2.65. The maximum Gasteiger partial charge on any atom is 0.243 e. The minimum absolute atomic E-state index is 0.0373. The van der Waals surface area contributed by atoms with Crippen LogP contribution in [0.25, 0.3) is 10.2 Å². The lowest BCUT2D eigenvalue weighted by Crippen LogP contribution is -2.44. The van der Waals surface area contributed by atoms with Crippen LogP contribution in [0.4, 0.5) is 5.13 Å². The molecule has 186 valence electrons. The van der Waals surface area contributed by atoms with Crippen LogP contribution in [0.1, 0.15) is 29.7 Å². The Morgan fingerprint density at radius 2 is 1.78 bits per heavy atom. The molecule has 2 aromatic carbocycles. The molecule has 36 heavy (non-hydrogen) atoms. The fraction of sp³-hybridized carbons (Fsp3) is 0.296. The summed E-state index contributed by atoms with van der Waals surface area (Å²) in [5, 5.41) is 0.643. The number of rotatable bonds is 6. The number of aryl methyl sites for hydroxylation is 2. The third-order valence-electron chi connectivity index (χ3n) is 6.61. The first-order valence-electron chi connectivity index (χ1n) is 12.0. The highest BCUT2D eigenvalue weighted by atomic mass is 32.2. The van der Waals surface area contributed by atoms with Crippen LogP contribution in [0.3, 0.4) is 0 Å². The van der Waals surface area contributed by atoms with Crippen molar-refractivity contribution >= 4 is 42.6 Å². The summed E-state index contributed by atoms with van der Waals surface area (Å²) in [6, 6.07) is 18.6. The van der Waals surface area contributed by atoms with Gasteiger partial charge in [-0.1, -0.05) is 47.2 Å². The number of carbonyl (C=O) groups is 1. The summed E-state index contributed by atoms with van der Waals surface area (Å²) in [7, 11) is -3.58. The molecule has 0 N–H and O–H groups in total. The van der Waals surface area contributed by atoms with Gasteiger partial charge in [-0.15, -0.1) is 0 Å². The van der Waals surface area contributed by atoms with Gasteiger partial charge < -0.3 is 0 Å². The molecule has 7 nitrogen and oxygen atoms in total. The molecule has 2 aromatic heterocycles. The van der Waals surface area contributed by atoms with Gasteiger partial charge in [0, 0.05) is 25.2 Å². The molecule has 0 atom stereocenters. The number of hydrogen-bond acceptors (Lipinski definition) is 6. The predicted molar refractivity (Wildman–Crippen MR) is 142 cm³/mol. The average Bonchev–Trinajstić information content (AvgIpc) is 3.33. The summed E-state index contributed by atoms with van der Waals surface area (Å²) in [4.78, 5) is 25.1. The molecule has 1 aliphatic heterocycles. The molecule has 9 heteroatoms. The number of pyridine rings is 1. The number of nitrogens with zero attached hydrogens (tertiary/aromatic N) is 4. The van der Waals surface area contributed by atoms with Gasteiger partial charge in [-0.25, -0.2) is 13.4 Å². The van der Waals surface area contributed by atoms with Gasteiger partial charge in [0.2, 0.25) is 15.9 Å². The Bertz CT molecular complexity index is 1480. The van der Waals surface area contributed by atoms with Crippen LogP contribution >= 0.6 is 11.3 Å². The minimum atomic E-state index is -3.58.